The molecule has 0 spiro atoms. The van der Waals surface area contributed by atoms with Crippen molar-refractivity contribution < 1.29 is 14.3 Å². The third kappa shape index (κ3) is 4.02. The highest BCUT2D eigenvalue weighted by molar-refractivity contribution is 5.93. The predicted molar refractivity (Wildman–Crippen MR) is 91.7 cm³/mol. The summed E-state index contributed by atoms with van der Waals surface area (Å²) in [5.74, 6) is -0.747. The smallest absolute Gasteiger partial charge is 0.339 e. The Balaban J connectivity index is 1.82. The van der Waals surface area contributed by atoms with Crippen molar-refractivity contribution in [2.45, 2.75) is 38.8 Å². The number of carbonyl (C=O) groups excluding carboxylic acids is 2. The summed E-state index contributed by atoms with van der Waals surface area (Å²) >= 11 is 0. The molecule has 1 amide bonds. The van der Waals surface area contributed by atoms with Gasteiger partial charge in [0.05, 0.1) is 5.56 Å². The van der Waals surface area contributed by atoms with Gasteiger partial charge in [0.1, 0.15) is 0 Å². The molecule has 0 saturated heterocycles. The van der Waals surface area contributed by atoms with Gasteiger partial charge in [0.2, 0.25) is 6.10 Å². The number of nitrogens with one attached hydrogen (secondary N) is 1. The first-order chi connectivity index (χ1) is 11.5. The van der Waals surface area contributed by atoms with Crippen molar-refractivity contribution in [2.24, 2.45) is 0 Å². The van der Waals surface area contributed by atoms with E-state index in [2.05, 4.69) is 5.32 Å². The minimum atomic E-state index is -0.930. The third-order valence-corrected chi connectivity index (χ3v) is 3.95. The van der Waals surface area contributed by atoms with Crippen LogP contribution in [0.15, 0.2) is 48.5 Å². The summed E-state index contributed by atoms with van der Waals surface area (Å²) in [4.78, 5) is 25.0. The summed E-state index contributed by atoms with van der Waals surface area (Å²) in [6, 6.07) is 14.9. The Morgan fingerprint density at radius 3 is 2.25 bits per heavy atom. The minimum Gasteiger partial charge on any atom is -0.444 e. The van der Waals surface area contributed by atoms with Crippen molar-refractivity contribution in [3.63, 3.8) is 0 Å². The first-order valence-electron chi connectivity index (χ1n) is 8.17. The molecule has 1 saturated carbocycles. The van der Waals surface area contributed by atoms with Crippen molar-refractivity contribution in [3.05, 3.63) is 70.8 Å². The van der Waals surface area contributed by atoms with Gasteiger partial charge in [-0.1, -0.05) is 47.5 Å². The van der Waals surface area contributed by atoms with Crippen molar-refractivity contribution in [1.29, 1.82) is 0 Å². The van der Waals surface area contributed by atoms with Crippen LogP contribution >= 0.6 is 0 Å². The minimum absolute atomic E-state index is 0.212. The highest BCUT2D eigenvalue weighted by atomic mass is 16.5. The number of esters is 1. The molecule has 3 rings (SSSR count). The fraction of sp³-hybridized carbons (Fsp3) is 0.300. The maximum absolute atomic E-state index is 12.5. The van der Waals surface area contributed by atoms with Crippen molar-refractivity contribution in [1.82, 2.24) is 5.32 Å². The number of hydrogen-bond acceptors (Lipinski definition) is 3. The molecule has 1 unspecified atom stereocenters. The maximum atomic E-state index is 12.5. The van der Waals surface area contributed by atoms with E-state index in [1.165, 1.54) is 0 Å². The molecule has 0 aromatic heterocycles. The topological polar surface area (TPSA) is 55.4 Å². The van der Waals surface area contributed by atoms with Gasteiger partial charge in [0.25, 0.3) is 5.91 Å². The molecule has 0 aliphatic heterocycles. The van der Waals surface area contributed by atoms with E-state index in [4.69, 9.17) is 4.74 Å². The number of rotatable bonds is 5. The largest absolute Gasteiger partial charge is 0.444 e. The van der Waals surface area contributed by atoms with Crippen LogP contribution in [0.4, 0.5) is 0 Å². The van der Waals surface area contributed by atoms with Crippen LogP contribution in [0, 0.1) is 13.8 Å². The number of aryl methyl sites for hydroxylation is 2. The normalized spacial score (nSPS) is 14.8. The molecule has 124 valence electrons. The lowest BCUT2D eigenvalue weighted by molar-refractivity contribution is -0.130. The average Bonchev–Trinajstić information content (AvgIpc) is 3.36. The molecule has 1 fully saturated rings. The monoisotopic (exact) mass is 323 g/mol. The van der Waals surface area contributed by atoms with E-state index in [9.17, 15) is 9.59 Å². The molecule has 4 nitrogen and oxygen atoms in total. The zero-order valence-corrected chi connectivity index (χ0v) is 13.9. The summed E-state index contributed by atoms with van der Waals surface area (Å²) in [6.45, 7) is 3.86. The molecule has 1 atom stereocenters. The second-order valence-corrected chi connectivity index (χ2v) is 6.36. The molecule has 2 aromatic rings. The molecular weight excluding hydrogens is 302 g/mol. The van der Waals surface area contributed by atoms with Crippen LogP contribution in [-0.4, -0.2) is 17.9 Å². The zero-order chi connectivity index (χ0) is 17.1. The Labute approximate surface area is 141 Å². The quantitative estimate of drug-likeness (QED) is 0.857. The summed E-state index contributed by atoms with van der Waals surface area (Å²) in [5, 5.41) is 2.92. The van der Waals surface area contributed by atoms with Crippen LogP contribution in [0.2, 0.25) is 0 Å². The van der Waals surface area contributed by atoms with Crippen LogP contribution in [0.25, 0.3) is 0 Å². The number of carbonyl (C=O) groups is 2. The Kier molecular flexibility index (Phi) is 4.65. The van der Waals surface area contributed by atoms with Gasteiger partial charge in [0.15, 0.2) is 0 Å². The van der Waals surface area contributed by atoms with Gasteiger partial charge in [-0.3, -0.25) is 4.79 Å². The molecule has 2 aromatic carbocycles. The van der Waals surface area contributed by atoms with E-state index < -0.39 is 12.1 Å². The summed E-state index contributed by atoms with van der Waals surface area (Å²) in [5.41, 5.74) is 3.11. The number of hydrogen-bond donors (Lipinski definition) is 1. The van der Waals surface area contributed by atoms with Gasteiger partial charge >= 0.3 is 5.97 Å². The van der Waals surface area contributed by atoms with E-state index >= 15 is 0 Å². The third-order valence-electron chi connectivity index (χ3n) is 3.95. The Morgan fingerprint density at radius 2 is 1.67 bits per heavy atom. The average molecular weight is 323 g/mol. The van der Waals surface area contributed by atoms with Gasteiger partial charge in [-0.05, 0) is 38.8 Å². The van der Waals surface area contributed by atoms with Gasteiger partial charge in [0, 0.05) is 11.6 Å². The van der Waals surface area contributed by atoms with Gasteiger partial charge in [-0.25, -0.2) is 4.79 Å². The highest BCUT2D eigenvalue weighted by Gasteiger charge is 2.31. The first-order valence-corrected chi connectivity index (χ1v) is 8.17. The fourth-order valence-electron chi connectivity index (χ4n) is 2.67. The Bertz CT molecular complexity index is 730. The van der Waals surface area contributed by atoms with E-state index in [0.717, 1.165) is 24.0 Å². The molecular formula is C20H21NO3. The van der Waals surface area contributed by atoms with Crippen molar-refractivity contribution >= 4 is 11.9 Å². The molecule has 0 radical (unpaired) electrons. The fourth-order valence-corrected chi connectivity index (χ4v) is 2.67. The summed E-state index contributed by atoms with van der Waals surface area (Å²) in [6.07, 6.45) is 1.04. The molecule has 4 heteroatoms. The standard InChI is InChI=1S/C20H21NO3/c1-13-10-14(2)12-16(11-13)20(23)24-18(15-6-4-3-5-7-15)19(22)21-17-8-9-17/h3-7,10-12,17-18H,8-9H2,1-2H3,(H,21,22). The van der Waals surface area contributed by atoms with Crippen LogP contribution in [0.5, 0.6) is 0 Å². The Hall–Kier alpha value is -2.62. The molecule has 1 N–H and O–H groups in total. The molecule has 0 heterocycles. The van der Waals surface area contributed by atoms with E-state index in [0.29, 0.717) is 11.1 Å². The van der Waals surface area contributed by atoms with Crippen molar-refractivity contribution in [2.75, 3.05) is 0 Å². The number of amides is 1. The van der Waals surface area contributed by atoms with E-state index in [-0.39, 0.29) is 11.9 Å². The van der Waals surface area contributed by atoms with Gasteiger partial charge in [-0.15, -0.1) is 0 Å². The van der Waals surface area contributed by atoms with Crippen LogP contribution in [-0.2, 0) is 9.53 Å². The second kappa shape index (κ2) is 6.87. The van der Waals surface area contributed by atoms with Crippen LogP contribution < -0.4 is 5.32 Å². The lowest BCUT2D eigenvalue weighted by Gasteiger charge is -2.18. The number of benzene rings is 2. The van der Waals surface area contributed by atoms with Crippen LogP contribution in [0.1, 0.15) is 46.0 Å². The molecule has 0 bridgehead atoms. The molecule has 1 aliphatic rings. The SMILES string of the molecule is Cc1cc(C)cc(C(=O)OC(C(=O)NC2CC2)c2ccccc2)c1. The summed E-state index contributed by atoms with van der Waals surface area (Å²) < 4.78 is 5.57. The lowest BCUT2D eigenvalue weighted by Crippen LogP contribution is -2.33. The van der Waals surface area contributed by atoms with Crippen LogP contribution in [0.3, 0.4) is 0 Å². The van der Waals surface area contributed by atoms with Gasteiger partial charge < -0.3 is 10.1 Å². The van der Waals surface area contributed by atoms with Crippen molar-refractivity contribution in [3.8, 4) is 0 Å². The second-order valence-electron chi connectivity index (χ2n) is 6.36. The molecule has 1 aliphatic carbocycles. The zero-order valence-electron chi connectivity index (χ0n) is 13.9. The lowest BCUT2D eigenvalue weighted by atomic mass is 10.1. The summed E-state index contributed by atoms with van der Waals surface area (Å²) in [7, 11) is 0. The first kappa shape index (κ1) is 16.2. The Morgan fingerprint density at radius 1 is 1.04 bits per heavy atom. The predicted octanol–water partition coefficient (Wildman–Crippen LogP) is 3.48. The van der Waals surface area contributed by atoms with E-state index in [1.807, 2.05) is 38.1 Å². The molecule has 24 heavy (non-hydrogen) atoms. The maximum Gasteiger partial charge on any atom is 0.339 e. The van der Waals surface area contributed by atoms with Gasteiger partial charge in [-0.2, -0.15) is 0 Å². The number of ether oxygens (including phenoxy) is 1. The highest BCUT2D eigenvalue weighted by Crippen LogP contribution is 2.24. The van der Waals surface area contributed by atoms with E-state index in [1.54, 1.807) is 24.3 Å².